The van der Waals surface area contributed by atoms with Gasteiger partial charge in [0.2, 0.25) is 5.91 Å². The number of carbonyl (C=O) groups is 5. The number of nitrogens with zero attached hydrogens (tertiary/aromatic N) is 2. The van der Waals surface area contributed by atoms with E-state index in [0.717, 1.165) is 16.9 Å². The summed E-state index contributed by atoms with van der Waals surface area (Å²) in [6.45, 7) is 13.4. The predicted molar refractivity (Wildman–Crippen MR) is 185 cm³/mol. The van der Waals surface area contributed by atoms with Crippen LogP contribution in [0.15, 0.2) is 54.3 Å². The molecule has 6 atom stereocenters. The van der Waals surface area contributed by atoms with Crippen molar-refractivity contribution in [2.75, 3.05) is 21.2 Å². The van der Waals surface area contributed by atoms with Crippen LogP contribution in [0, 0.1) is 17.8 Å². The smallest absolute Gasteiger partial charge is 0.324 e. The first-order chi connectivity index (χ1) is 22.6. The molecule has 4 amide bonds. The third-order valence-electron chi connectivity index (χ3n) is 8.43. The van der Waals surface area contributed by atoms with Gasteiger partial charge in [0.05, 0.1) is 19.2 Å². The van der Waals surface area contributed by atoms with Crippen LogP contribution in [0.1, 0.15) is 73.3 Å². The summed E-state index contributed by atoms with van der Waals surface area (Å²) in [5, 5.41) is 5.86. The number of rotatable bonds is 18. The normalized spacial score (nSPS) is 18.0. The van der Waals surface area contributed by atoms with Gasteiger partial charge in [0.15, 0.2) is 6.10 Å². The number of likely N-dealkylation sites (N-methyl/N-ethyl adjacent to an activating group) is 1. The van der Waals surface area contributed by atoms with E-state index in [1.807, 2.05) is 86.0 Å². The van der Waals surface area contributed by atoms with Crippen LogP contribution in [0.5, 0.6) is 0 Å². The molecule has 48 heavy (non-hydrogen) atoms. The number of carbonyl (C=O) groups excluding carboxylic acids is 5. The van der Waals surface area contributed by atoms with Gasteiger partial charge >= 0.3 is 5.97 Å². The first kappa shape index (κ1) is 40.2. The van der Waals surface area contributed by atoms with Crippen molar-refractivity contribution in [1.29, 1.82) is 0 Å². The molecule has 0 radical (unpaired) electrons. The Balaban J connectivity index is 2.31. The van der Waals surface area contributed by atoms with Gasteiger partial charge in [-0.3, -0.25) is 33.8 Å². The summed E-state index contributed by atoms with van der Waals surface area (Å²) in [5.41, 5.74) is 0.916. The first-order valence-corrected chi connectivity index (χ1v) is 16.9. The maximum Gasteiger partial charge on any atom is 0.324 e. The lowest BCUT2D eigenvalue weighted by Gasteiger charge is -2.30. The van der Waals surface area contributed by atoms with Gasteiger partial charge in [-0.2, -0.15) is 0 Å². The Morgan fingerprint density at radius 1 is 0.958 bits per heavy atom. The average molecular weight is 669 g/mol. The molecule has 1 aliphatic heterocycles. The number of amides is 4. The zero-order valence-corrected chi connectivity index (χ0v) is 30.3. The van der Waals surface area contributed by atoms with Crippen LogP contribution in [-0.2, 0) is 39.9 Å². The van der Waals surface area contributed by atoms with Crippen LogP contribution >= 0.6 is 0 Å². The number of esters is 1. The predicted octanol–water partition coefficient (Wildman–Crippen LogP) is 4.02. The van der Waals surface area contributed by atoms with Crippen molar-refractivity contribution in [1.82, 2.24) is 20.4 Å². The van der Waals surface area contributed by atoms with Crippen molar-refractivity contribution in [3.05, 3.63) is 59.9 Å². The third-order valence-corrected chi connectivity index (χ3v) is 8.43. The highest BCUT2D eigenvalue weighted by Crippen LogP contribution is 2.21. The highest BCUT2D eigenvalue weighted by Gasteiger charge is 2.36. The van der Waals surface area contributed by atoms with Crippen LogP contribution in [0.3, 0.4) is 0 Å². The van der Waals surface area contributed by atoms with Gasteiger partial charge in [-0.05, 0) is 63.6 Å². The van der Waals surface area contributed by atoms with Crippen molar-refractivity contribution in [3.63, 3.8) is 0 Å². The standard InChI is InChI=1S/C37H56N4O7/c1-11-25(6)34(40(8)9)37(46)48-31(20-24(4)5)36(45)39-29(19-23(2)3)35(44)38-28(21-27-15-13-12-14-16-27)17-18-32(42)41-26(7)30(47-10)22-33(41)43/h12-18,22-26,28-29,31,34H,11,19-21H2,1-10H3,(H,38,44)(H,39,45)/b18-17+/t25-,26-,28+,29-,31-,34-/m0/s1. The second-order valence-corrected chi connectivity index (χ2v) is 13.7. The molecule has 1 aliphatic rings. The molecule has 0 spiro atoms. The molecule has 2 N–H and O–H groups in total. The molecule has 2 rings (SSSR count). The van der Waals surface area contributed by atoms with Gasteiger partial charge in [0, 0.05) is 12.2 Å². The van der Waals surface area contributed by atoms with Gasteiger partial charge in [-0.1, -0.05) is 84.4 Å². The largest absolute Gasteiger partial charge is 0.499 e. The van der Waals surface area contributed by atoms with Gasteiger partial charge in [-0.25, -0.2) is 0 Å². The fraction of sp³-hybridized carbons (Fsp3) is 0.595. The Morgan fingerprint density at radius 2 is 1.58 bits per heavy atom. The number of hydrogen-bond acceptors (Lipinski definition) is 8. The molecular formula is C37H56N4O7. The lowest BCUT2D eigenvalue weighted by atomic mass is 9.98. The van der Waals surface area contributed by atoms with Crippen molar-refractivity contribution in [3.8, 4) is 0 Å². The Hall–Kier alpha value is -3.99. The highest BCUT2D eigenvalue weighted by molar-refractivity contribution is 6.07. The zero-order chi connectivity index (χ0) is 36.1. The average Bonchev–Trinajstić information content (AvgIpc) is 3.31. The molecule has 1 aromatic rings. The maximum atomic E-state index is 13.8. The molecule has 0 saturated carbocycles. The summed E-state index contributed by atoms with van der Waals surface area (Å²) >= 11 is 0. The highest BCUT2D eigenvalue weighted by atomic mass is 16.5. The summed E-state index contributed by atoms with van der Waals surface area (Å²) in [6, 6.07) is 6.82. The molecule has 1 aromatic carbocycles. The summed E-state index contributed by atoms with van der Waals surface area (Å²) in [6.07, 6.45) is 4.80. The molecule has 266 valence electrons. The Kier molecular flexibility index (Phi) is 16.0. The Labute approximate surface area is 286 Å². The quantitative estimate of drug-likeness (QED) is 0.177. The van der Waals surface area contributed by atoms with Crippen LogP contribution in [0.25, 0.3) is 0 Å². The summed E-state index contributed by atoms with van der Waals surface area (Å²) in [5.74, 6) is -1.97. The fourth-order valence-corrected chi connectivity index (χ4v) is 5.75. The van der Waals surface area contributed by atoms with E-state index in [0.29, 0.717) is 25.0 Å². The number of nitrogens with one attached hydrogen (secondary N) is 2. The summed E-state index contributed by atoms with van der Waals surface area (Å²) in [4.78, 5) is 69.3. The van der Waals surface area contributed by atoms with Gasteiger partial charge in [0.25, 0.3) is 17.7 Å². The van der Waals surface area contributed by atoms with E-state index in [4.69, 9.17) is 9.47 Å². The second-order valence-electron chi connectivity index (χ2n) is 13.7. The van der Waals surface area contributed by atoms with E-state index in [2.05, 4.69) is 10.6 Å². The number of benzene rings is 1. The Bertz CT molecular complexity index is 1310. The van der Waals surface area contributed by atoms with Crippen LogP contribution < -0.4 is 10.6 Å². The van der Waals surface area contributed by atoms with E-state index in [-0.39, 0.29) is 17.8 Å². The number of ether oxygens (including phenoxy) is 2. The van der Waals surface area contributed by atoms with Gasteiger partial charge < -0.3 is 20.1 Å². The molecule has 0 aromatic heterocycles. The lowest BCUT2D eigenvalue weighted by Crippen LogP contribution is -2.53. The molecule has 0 bridgehead atoms. The van der Waals surface area contributed by atoms with Crippen molar-refractivity contribution in [2.45, 2.75) is 104 Å². The number of methoxy groups -OCH3 is 1. The monoisotopic (exact) mass is 668 g/mol. The van der Waals surface area contributed by atoms with Crippen LogP contribution in [-0.4, -0.2) is 90.9 Å². The number of hydrogen-bond donors (Lipinski definition) is 2. The third kappa shape index (κ3) is 11.9. The summed E-state index contributed by atoms with van der Waals surface area (Å²) < 4.78 is 11.1. The lowest BCUT2D eigenvalue weighted by molar-refractivity contribution is -0.163. The molecular weight excluding hydrogens is 612 g/mol. The molecule has 0 saturated heterocycles. The topological polar surface area (TPSA) is 134 Å². The zero-order valence-electron chi connectivity index (χ0n) is 30.3. The molecule has 0 fully saturated rings. The number of imide groups is 1. The van der Waals surface area contributed by atoms with E-state index in [9.17, 15) is 24.0 Å². The molecule has 1 heterocycles. The first-order valence-electron chi connectivity index (χ1n) is 16.9. The van der Waals surface area contributed by atoms with Crippen molar-refractivity contribution < 1.29 is 33.4 Å². The minimum Gasteiger partial charge on any atom is -0.499 e. The minimum absolute atomic E-state index is 0.0151. The molecule has 11 heteroatoms. The van der Waals surface area contributed by atoms with Crippen LogP contribution in [0.2, 0.25) is 0 Å². The van der Waals surface area contributed by atoms with E-state index < -0.39 is 59.9 Å². The van der Waals surface area contributed by atoms with Gasteiger partial charge in [-0.15, -0.1) is 0 Å². The minimum atomic E-state index is -1.07. The maximum absolute atomic E-state index is 13.8. The molecule has 11 nitrogen and oxygen atoms in total. The SMILES string of the molecule is CC[C@H](C)[C@@H](C(=O)O[C@@H](CC(C)C)C(=O)N[C@@H](CC(C)C)C(=O)N[C@H](/C=C/C(=O)N1C(=O)C=C(OC)[C@@H]1C)Cc1ccccc1)N(C)C. The van der Waals surface area contributed by atoms with E-state index in [1.165, 1.54) is 19.3 Å². The fourth-order valence-electron chi connectivity index (χ4n) is 5.75. The second kappa shape index (κ2) is 19.1. The van der Waals surface area contributed by atoms with Gasteiger partial charge in [0.1, 0.15) is 17.8 Å². The van der Waals surface area contributed by atoms with Crippen molar-refractivity contribution >= 4 is 29.6 Å². The Morgan fingerprint density at radius 3 is 2.10 bits per heavy atom. The summed E-state index contributed by atoms with van der Waals surface area (Å²) in [7, 11) is 5.06. The van der Waals surface area contributed by atoms with Crippen molar-refractivity contribution in [2.24, 2.45) is 17.8 Å². The van der Waals surface area contributed by atoms with E-state index in [1.54, 1.807) is 17.9 Å². The molecule has 0 aliphatic carbocycles. The molecule has 0 unspecified atom stereocenters. The van der Waals surface area contributed by atoms with Crippen LogP contribution in [0.4, 0.5) is 0 Å². The van der Waals surface area contributed by atoms with E-state index >= 15 is 0 Å².